The number of quaternary nitrogens is 1. The molecule has 38 heavy (non-hydrogen) atoms. The van der Waals surface area contributed by atoms with Gasteiger partial charge in [-0.25, -0.2) is 4.79 Å². The highest BCUT2D eigenvalue weighted by molar-refractivity contribution is 5.97. The summed E-state index contributed by atoms with van der Waals surface area (Å²) in [4.78, 5) is 27.5. The maximum absolute atomic E-state index is 12.9. The molecule has 1 spiro atoms. The number of carboxylic acid groups (broad SMARTS) is 1. The first kappa shape index (κ1) is 26.5. The number of hydrogen-bond acceptors (Lipinski definition) is 5. The molecule has 3 aliphatic rings. The van der Waals surface area contributed by atoms with Gasteiger partial charge in [0.25, 0.3) is 0 Å². The third-order valence-electron chi connectivity index (χ3n) is 8.23. The molecular weight excluding hydrogens is 484 g/mol. The van der Waals surface area contributed by atoms with Gasteiger partial charge in [0, 0.05) is 49.1 Å². The predicted octanol–water partition coefficient (Wildman–Crippen LogP) is 3.64. The molecule has 3 saturated heterocycles. The number of hydrogen-bond donors (Lipinski definition) is 2. The summed E-state index contributed by atoms with van der Waals surface area (Å²) in [6.07, 6.45) is 4.59. The van der Waals surface area contributed by atoms with Crippen molar-refractivity contribution in [3.8, 4) is 11.5 Å². The van der Waals surface area contributed by atoms with Gasteiger partial charge in [-0.15, -0.1) is 0 Å². The topological polar surface area (TPSA) is 89.7 Å². The van der Waals surface area contributed by atoms with Crippen LogP contribution in [0.4, 0.5) is 5.69 Å². The molecule has 0 saturated carbocycles. The van der Waals surface area contributed by atoms with E-state index < -0.39 is 5.97 Å². The van der Waals surface area contributed by atoms with Crippen LogP contribution in [-0.2, 0) is 16.1 Å². The highest BCUT2D eigenvalue weighted by Gasteiger charge is 2.46. The summed E-state index contributed by atoms with van der Waals surface area (Å²) in [5.74, 6) is 0.918. The van der Waals surface area contributed by atoms with Gasteiger partial charge in [0.1, 0.15) is 18.0 Å². The zero-order valence-corrected chi connectivity index (χ0v) is 22.5. The van der Waals surface area contributed by atoms with Crippen LogP contribution < -0.4 is 19.3 Å². The van der Waals surface area contributed by atoms with Crippen LogP contribution in [0.1, 0.15) is 73.5 Å². The Bertz CT molecular complexity index is 1120. The van der Waals surface area contributed by atoms with E-state index >= 15 is 0 Å². The number of amides is 1. The van der Waals surface area contributed by atoms with Crippen LogP contribution in [0.15, 0.2) is 36.4 Å². The highest BCUT2D eigenvalue weighted by Crippen LogP contribution is 2.43. The zero-order chi connectivity index (χ0) is 26.7. The minimum absolute atomic E-state index is 0.0112. The third kappa shape index (κ3) is 5.52. The van der Waals surface area contributed by atoms with Crippen molar-refractivity contribution in [2.24, 2.45) is 5.41 Å². The fourth-order valence-electron chi connectivity index (χ4n) is 6.28. The summed E-state index contributed by atoms with van der Waals surface area (Å²) in [5.41, 5.74) is 3.25. The van der Waals surface area contributed by atoms with Gasteiger partial charge in [0.2, 0.25) is 5.91 Å². The molecule has 0 aromatic heterocycles. The van der Waals surface area contributed by atoms with E-state index in [1.54, 1.807) is 24.3 Å². The van der Waals surface area contributed by atoms with Crippen LogP contribution in [0.25, 0.3) is 0 Å². The van der Waals surface area contributed by atoms with Crippen molar-refractivity contribution in [2.75, 3.05) is 44.4 Å². The quantitative estimate of drug-likeness (QED) is 0.522. The number of carbonyl (C=O) groups excluding carboxylic acids is 1. The first-order chi connectivity index (χ1) is 18.4. The zero-order valence-electron chi connectivity index (χ0n) is 22.5. The fraction of sp³-hybridized carbons (Fsp3) is 0.533. The number of rotatable bonds is 9. The van der Waals surface area contributed by atoms with Gasteiger partial charge in [-0.2, -0.15) is 0 Å². The Hall–Kier alpha value is -3.10. The van der Waals surface area contributed by atoms with Crippen LogP contribution in [0, 0.1) is 5.41 Å². The maximum Gasteiger partial charge on any atom is 0.335 e. The monoisotopic (exact) mass is 523 g/mol. The van der Waals surface area contributed by atoms with E-state index in [1.165, 1.54) is 10.5 Å². The van der Waals surface area contributed by atoms with Crippen molar-refractivity contribution < 1.29 is 33.8 Å². The fourth-order valence-corrected chi connectivity index (χ4v) is 6.28. The average Bonchev–Trinajstić information content (AvgIpc) is 3.54. The molecule has 5 rings (SSSR count). The minimum atomic E-state index is -0.959. The summed E-state index contributed by atoms with van der Waals surface area (Å²) >= 11 is 0. The molecule has 8 heteroatoms. The van der Waals surface area contributed by atoms with E-state index in [0.717, 1.165) is 74.7 Å². The molecular formula is C30H39N2O6+. The Kier molecular flexibility index (Phi) is 7.91. The van der Waals surface area contributed by atoms with E-state index in [2.05, 4.69) is 12.1 Å². The van der Waals surface area contributed by atoms with Gasteiger partial charge < -0.3 is 29.1 Å². The van der Waals surface area contributed by atoms with Crippen LogP contribution in [-0.4, -0.2) is 56.4 Å². The second-order valence-electron chi connectivity index (χ2n) is 10.8. The summed E-state index contributed by atoms with van der Waals surface area (Å²) in [6, 6.07) is 11.0. The summed E-state index contributed by atoms with van der Waals surface area (Å²) < 4.78 is 18.2. The Balaban J connectivity index is 1.26. The molecule has 204 valence electrons. The molecule has 1 amide bonds. The Morgan fingerprint density at radius 1 is 1.11 bits per heavy atom. The normalized spacial score (nSPS) is 25.2. The maximum atomic E-state index is 12.9. The predicted molar refractivity (Wildman–Crippen MR) is 143 cm³/mol. The molecule has 2 aromatic carbocycles. The summed E-state index contributed by atoms with van der Waals surface area (Å²) in [6.45, 7) is 9.57. The molecule has 0 bridgehead atoms. The number of anilines is 1. The number of aromatic carboxylic acids is 1. The molecule has 0 radical (unpaired) electrons. The molecule has 2 N–H and O–H groups in total. The van der Waals surface area contributed by atoms with Crippen molar-refractivity contribution in [1.82, 2.24) is 0 Å². The summed E-state index contributed by atoms with van der Waals surface area (Å²) in [7, 11) is 0. The van der Waals surface area contributed by atoms with E-state index in [4.69, 9.17) is 19.3 Å². The SMILES string of the molecule is CCOc1cc(C[NH+]2CCC3(CC2)CC(=O)N(c2ccc(C(=O)O)cc2)C3)cc(OCC)c1C1CCCO1. The van der Waals surface area contributed by atoms with Crippen LogP contribution in [0.3, 0.4) is 0 Å². The first-order valence-electron chi connectivity index (χ1n) is 13.9. The molecule has 0 aliphatic carbocycles. The number of benzene rings is 2. The second-order valence-corrected chi connectivity index (χ2v) is 10.8. The van der Waals surface area contributed by atoms with E-state index in [0.29, 0.717) is 26.2 Å². The van der Waals surface area contributed by atoms with Gasteiger partial charge in [-0.05, 0) is 63.1 Å². The van der Waals surface area contributed by atoms with Gasteiger partial charge in [-0.1, -0.05) is 0 Å². The van der Waals surface area contributed by atoms with E-state index in [9.17, 15) is 9.59 Å². The highest BCUT2D eigenvalue weighted by atomic mass is 16.5. The Labute approximate surface area is 224 Å². The standard InChI is InChI=1S/C30H38N2O6/c1-3-36-25-16-21(17-26(37-4-2)28(25)24-6-5-15-38-24)19-31-13-11-30(12-14-31)18-27(33)32(20-30)23-9-7-22(8-10-23)29(34)35/h7-10,16-17,24H,3-6,11-15,18-20H2,1-2H3,(H,34,35)/p+1. The lowest BCUT2D eigenvalue weighted by Gasteiger charge is -2.36. The third-order valence-corrected chi connectivity index (χ3v) is 8.23. The Morgan fingerprint density at radius 2 is 1.76 bits per heavy atom. The summed E-state index contributed by atoms with van der Waals surface area (Å²) in [5, 5.41) is 9.17. The average molecular weight is 524 g/mol. The van der Waals surface area contributed by atoms with E-state index in [1.807, 2.05) is 18.7 Å². The van der Waals surface area contributed by atoms with Crippen molar-refractivity contribution in [3.63, 3.8) is 0 Å². The number of nitrogens with one attached hydrogen (secondary N) is 1. The van der Waals surface area contributed by atoms with Crippen molar-refractivity contribution in [2.45, 2.75) is 58.6 Å². The number of piperidine rings is 1. The molecule has 2 aromatic rings. The lowest BCUT2D eigenvalue weighted by molar-refractivity contribution is -0.921. The smallest absolute Gasteiger partial charge is 0.335 e. The minimum Gasteiger partial charge on any atom is -0.493 e. The Morgan fingerprint density at radius 3 is 2.32 bits per heavy atom. The molecule has 3 aliphatic heterocycles. The molecule has 3 heterocycles. The van der Waals surface area contributed by atoms with Crippen molar-refractivity contribution in [1.29, 1.82) is 0 Å². The molecule has 1 atom stereocenters. The van der Waals surface area contributed by atoms with Crippen LogP contribution in [0.2, 0.25) is 0 Å². The van der Waals surface area contributed by atoms with Crippen molar-refractivity contribution in [3.05, 3.63) is 53.1 Å². The first-order valence-corrected chi connectivity index (χ1v) is 13.9. The van der Waals surface area contributed by atoms with Gasteiger partial charge >= 0.3 is 5.97 Å². The van der Waals surface area contributed by atoms with Crippen LogP contribution in [0.5, 0.6) is 11.5 Å². The lowest BCUT2D eigenvalue weighted by atomic mass is 9.77. The van der Waals surface area contributed by atoms with Crippen molar-refractivity contribution >= 4 is 17.6 Å². The number of carboxylic acids is 1. The van der Waals surface area contributed by atoms with E-state index in [-0.39, 0.29) is 23.0 Å². The number of likely N-dealkylation sites (tertiary alicyclic amines) is 1. The molecule has 1 unspecified atom stereocenters. The molecule has 8 nitrogen and oxygen atoms in total. The molecule has 3 fully saturated rings. The number of nitrogens with zero attached hydrogens (tertiary/aromatic N) is 1. The van der Waals surface area contributed by atoms with Crippen LogP contribution >= 0.6 is 0 Å². The second kappa shape index (κ2) is 11.3. The van der Waals surface area contributed by atoms with Gasteiger partial charge in [0.15, 0.2) is 0 Å². The van der Waals surface area contributed by atoms with Gasteiger partial charge in [0.05, 0.1) is 43.5 Å². The number of ether oxygens (including phenoxy) is 3. The lowest BCUT2D eigenvalue weighted by Crippen LogP contribution is -3.12. The number of carbonyl (C=O) groups is 2. The largest absolute Gasteiger partial charge is 0.493 e. The van der Waals surface area contributed by atoms with Gasteiger partial charge in [-0.3, -0.25) is 4.79 Å².